The number of rotatable bonds is 3. The summed E-state index contributed by atoms with van der Waals surface area (Å²) in [6.07, 6.45) is 0. The van der Waals surface area contributed by atoms with E-state index in [2.05, 4.69) is 10.3 Å². The predicted molar refractivity (Wildman–Crippen MR) is 97.7 cm³/mol. The molecule has 23 heavy (non-hydrogen) atoms. The Bertz CT molecular complexity index is 795. The van der Waals surface area contributed by atoms with E-state index in [1.54, 1.807) is 6.07 Å². The van der Waals surface area contributed by atoms with Gasteiger partial charge in [0.1, 0.15) is 11.4 Å². The molecule has 0 aromatic heterocycles. The monoisotopic (exact) mass is 341 g/mol. The van der Waals surface area contributed by atoms with Crippen LogP contribution in [0.3, 0.4) is 0 Å². The first kappa shape index (κ1) is 15.6. The summed E-state index contributed by atoms with van der Waals surface area (Å²) in [5.41, 5.74) is 2.85. The van der Waals surface area contributed by atoms with Crippen LogP contribution < -0.4 is 10.3 Å². The molecule has 0 heterocycles. The normalized spacial score (nSPS) is 11.3. The molecule has 0 atom stereocenters. The van der Waals surface area contributed by atoms with Gasteiger partial charge in [-0.1, -0.05) is 59.6 Å². The molecule has 0 saturated heterocycles. The van der Waals surface area contributed by atoms with Gasteiger partial charge in [-0.15, -0.1) is 0 Å². The van der Waals surface area contributed by atoms with Crippen LogP contribution in [0.1, 0.15) is 5.56 Å². The average molecular weight is 342 g/mol. The highest BCUT2D eigenvalue weighted by Crippen LogP contribution is 2.22. The molecule has 0 unspecified atom stereocenters. The van der Waals surface area contributed by atoms with Crippen molar-refractivity contribution in [2.75, 3.05) is 5.32 Å². The largest absolute Gasteiger partial charge is 0.285 e. The third-order valence-electron chi connectivity index (χ3n) is 3.24. The predicted octanol–water partition coefficient (Wildman–Crippen LogP) is 4.26. The van der Waals surface area contributed by atoms with Gasteiger partial charge >= 0.3 is 0 Å². The molecule has 0 bridgehead atoms. The molecule has 2 nitrogen and oxygen atoms in total. The molecule has 0 aliphatic carbocycles. The van der Waals surface area contributed by atoms with Gasteiger partial charge in [0.15, 0.2) is 0 Å². The van der Waals surface area contributed by atoms with Crippen LogP contribution in [0.15, 0.2) is 78.9 Å². The van der Waals surface area contributed by atoms with Crippen molar-refractivity contribution in [3.8, 4) is 0 Å². The molecule has 0 radical (unpaired) electrons. The minimum atomic E-state index is 0.590. The Hall–Kier alpha value is -2.29. The second-order valence-corrected chi connectivity index (χ2v) is 5.89. The number of halogens is 2. The lowest BCUT2D eigenvalue weighted by atomic mass is 10.2. The fraction of sp³-hybridized carbons (Fsp3) is 0. The van der Waals surface area contributed by atoms with E-state index in [4.69, 9.17) is 23.2 Å². The number of benzene rings is 3. The second-order valence-electron chi connectivity index (χ2n) is 5.02. The Labute approximate surface area is 145 Å². The molecule has 3 aromatic carbocycles. The summed E-state index contributed by atoms with van der Waals surface area (Å²) < 4.78 is 0. The van der Waals surface area contributed by atoms with Crippen molar-refractivity contribution in [3.05, 3.63) is 94.5 Å². The number of nitrogens with one attached hydrogen (secondary N) is 2. The number of para-hydroxylation sites is 1. The van der Waals surface area contributed by atoms with Crippen LogP contribution in [-0.2, 0) is 0 Å². The van der Waals surface area contributed by atoms with Crippen molar-refractivity contribution in [3.63, 3.8) is 0 Å². The number of hydrogen-bond acceptors (Lipinski definition) is 0. The topological polar surface area (TPSA) is 26.0 Å². The smallest absolute Gasteiger partial charge is 0.240 e. The lowest BCUT2D eigenvalue weighted by Gasteiger charge is -2.05. The van der Waals surface area contributed by atoms with E-state index in [0.29, 0.717) is 10.0 Å². The Balaban J connectivity index is 2.00. The third-order valence-corrected chi connectivity index (χ3v) is 3.67. The number of hydrogen-bond donors (Lipinski definition) is 2. The molecule has 4 heteroatoms. The highest BCUT2D eigenvalue weighted by molar-refractivity contribution is 6.35. The Morgan fingerprint density at radius 3 is 1.91 bits per heavy atom. The molecule has 3 aromatic rings. The molecule has 0 fully saturated rings. The molecule has 0 saturated carbocycles. The highest BCUT2D eigenvalue weighted by Gasteiger charge is 2.12. The zero-order valence-electron chi connectivity index (χ0n) is 12.3. The standard InChI is InChI=1S/C19H14Cl2N2/c20-15-11-16(21)13-18(12-15)23-19(14-7-3-1-4-8-14)22-17-9-5-2-6-10-17/h1-13H,(H,22,23)/p+1. The van der Waals surface area contributed by atoms with E-state index in [1.165, 1.54) is 0 Å². The van der Waals surface area contributed by atoms with Crippen LogP contribution in [0, 0.1) is 0 Å². The van der Waals surface area contributed by atoms with Crippen molar-refractivity contribution in [2.24, 2.45) is 0 Å². The van der Waals surface area contributed by atoms with Crippen LogP contribution >= 0.6 is 23.2 Å². The average Bonchev–Trinajstić information content (AvgIpc) is 2.55. The highest BCUT2D eigenvalue weighted by atomic mass is 35.5. The Morgan fingerprint density at radius 1 is 0.739 bits per heavy atom. The van der Waals surface area contributed by atoms with Gasteiger partial charge in [-0.3, -0.25) is 0 Å². The molecule has 2 N–H and O–H groups in total. The van der Waals surface area contributed by atoms with Gasteiger partial charge in [-0.2, -0.15) is 0 Å². The van der Waals surface area contributed by atoms with E-state index in [1.807, 2.05) is 72.8 Å². The van der Waals surface area contributed by atoms with Gasteiger partial charge in [-0.25, -0.2) is 10.3 Å². The first-order valence-electron chi connectivity index (χ1n) is 7.18. The van der Waals surface area contributed by atoms with Crippen LogP contribution in [0.5, 0.6) is 0 Å². The maximum absolute atomic E-state index is 6.09. The Kier molecular flexibility index (Phi) is 4.96. The first-order chi connectivity index (χ1) is 11.2. The lowest BCUT2D eigenvalue weighted by molar-refractivity contribution is -0.352. The van der Waals surface area contributed by atoms with Crippen LogP contribution in [0.25, 0.3) is 0 Å². The zero-order chi connectivity index (χ0) is 16.1. The van der Waals surface area contributed by atoms with Gasteiger partial charge in [0.05, 0.1) is 5.56 Å². The van der Waals surface area contributed by atoms with E-state index in [0.717, 1.165) is 22.8 Å². The maximum atomic E-state index is 6.09. The summed E-state index contributed by atoms with van der Waals surface area (Å²) in [4.78, 5) is 3.40. The molecule has 0 aliphatic heterocycles. The van der Waals surface area contributed by atoms with Gasteiger partial charge in [0, 0.05) is 22.2 Å². The van der Waals surface area contributed by atoms with Crippen molar-refractivity contribution < 1.29 is 4.99 Å². The van der Waals surface area contributed by atoms with Gasteiger partial charge in [-0.05, 0) is 30.3 Å². The summed E-state index contributed by atoms with van der Waals surface area (Å²) in [6, 6.07) is 25.4. The van der Waals surface area contributed by atoms with Crippen LogP contribution in [0.4, 0.5) is 11.4 Å². The first-order valence-corrected chi connectivity index (χ1v) is 7.94. The minimum Gasteiger partial charge on any atom is -0.240 e. The maximum Gasteiger partial charge on any atom is 0.285 e. The lowest BCUT2D eigenvalue weighted by Crippen LogP contribution is -2.68. The fourth-order valence-corrected chi connectivity index (χ4v) is 2.74. The zero-order valence-corrected chi connectivity index (χ0v) is 13.8. The van der Waals surface area contributed by atoms with Crippen molar-refractivity contribution in [1.29, 1.82) is 0 Å². The van der Waals surface area contributed by atoms with Gasteiger partial charge < -0.3 is 0 Å². The van der Waals surface area contributed by atoms with Crippen LogP contribution in [-0.4, -0.2) is 5.84 Å². The minimum absolute atomic E-state index is 0.590. The van der Waals surface area contributed by atoms with Gasteiger partial charge in [0.2, 0.25) is 0 Å². The van der Waals surface area contributed by atoms with E-state index in [-0.39, 0.29) is 0 Å². The number of anilines is 1. The molecule has 0 aliphatic rings. The summed E-state index contributed by atoms with van der Waals surface area (Å²) in [5.74, 6) is 0.857. The third kappa shape index (κ3) is 4.35. The molecule has 114 valence electrons. The molecular formula is C19H15Cl2N2+. The van der Waals surface area contributed by atoms with E-state index < -0.39 is 0 Å². The van der Waals surface area contributed by atoms with Crippen molar-refractivity contribution >= 4 is 40.4 Å². The van der Waals surface area contributed by atoms with Crippen LogP contribution in [0.2, 0.25) is 10.0 Å². The summed E-state index contributed by atoms with van der Waals surface area (Å²) in [7, 11) is 0. The SMILES string of the molecule is Clc1cc(Cl)cc(NC(=[NH+]c2ccccc2)c2ccccc2)c1. The summed E-state index contributed by atoms with van der Waals surface area (Å²) >= 11 is 12.2. The molecule has 0 amide bonds. The molecule has 3 rings (SSSR count). The summed E-state index contributed by atoms with van der Waals surface area (Å²) in [6.45, 7) is 0. The number of amidine groups is 1. The molecule has 0 spiro atoms. The van der Waals surface area contributed by atoms with E-state index in [9.17, 15) is 0 Å². The van der Waals surface area contributed by atoms with E-state index >= 15 is 0 Å². The molecular weight excluding hydrogens is 327 g/mol. The van der Waals surface area contributed by atoms with Crippen molar-refractivity contribution in [1.82, 2.24) is 0 Å². The van der Waals surface area contributed by atoms with Crippen molar-refractivity contribution in [2.45, 2.75) is 0 Å². The quantitative estimate of drug-likeness (QED) is 0.540. The summed E-state index contributed by atoms with van der Waals surface area (Å²) in [5, 5.41) is 4.54. The second kappa shape index (κ2) is 7.32. The fourth-order valence-electron chi connectivity index (χ4n) is 2.22. The Morgan fingerprint density at radius 2 is 1.30 bits per heavy atom. The van der Waals surface area contributed by atoms with Gasteiger partial charge in [0.25, 0.3) is 5.84 Å².